The molecular formula is C15H21N5. The van der Waals surface area contributed by atoms with Crippen LogP contribution in [0.1, 0.15) is 25.4 Å². The number of aromatic nitrogens is 3. The molecule has 2 heterocycles. The maximum atomic E-state index is 4.49. The van der Waals surface area contributed by atoms with E-state index in [9.17, 15) is 0 Å². The lowest BCUT2D eigenvalue weighted by molar-refractivity contribution is 0.833. The molecule has 0 spiro atoms. The first-order chi connectivity index (χ1) is 9.72. The average molecular weight is 271 g/mol. The van der Waals surface area contributed by atoms with Gasteiger partial charge in [-0.25, -0.2) is 9.97 Å². The second kappa shape index (κ2) is 6.84. The Balaban J connectivity index is 2.12. The van der Waals surface area contributed by atoms with Crippen LogP contribution >= 0.6 is 0 Å². The summed E-state index contributed by atoms with van der Waals surface area (Å²) in [6.07, 6.45) is 1.80. The third-order valence-corrected chi connectivity index (χ3v) is 3.09. The topological polar surface area (TPSA) is 53.9 Å². The van der Waals surface area contributed by atoms with Crippen molar-refractivity contribution in [3.63, 3.8) is 0 Å². The molecular weight excluding hydrogens is 250 g/mol. The van der Waals surface area contributed by atoms with Crippen LogP contribution in [0.5, 0.6) is 0 Å². The summed E-state index contributed by atoms with van der Waals surface area (Å²) in [6, 6.07) is 7.88. The minimum absolute atomic E-state index is 0.662. The number of anilines is 2. The molecule has 2 aromatic heterocycles. The minimum Gasteiger partial charge on any atom is -0.364 e. The molecule has 5 nitrogen and oxygen atoms in total. The van der Waals surface area contributed by atoms with Crippen molar-refractivity contribution in [1.82, 2.24) is 15.0 Å². The Morgan fingerprint density at radius 1 is 1.15 bits per heavy atom. The van der Waals surface area contributed by atoms with Crippen LogP contribution < -0.4 is 10.2 Å². The predicted molar refractivity (Wildman–Crippen MR) is 81.9 cm³/mol. The molecule has 20 heavy (non-hydrogen) atoms. The molecule has 0 unspecified atom stereocenters. The van der Waals surface area contributed by atoms with Crippen molar-refractivity contribution in [2.75, 3.05) is 23.3 Å². The Bertz CT molecular complexity index is 537. The summed E-state index contributed by atoms with van der Waals surface area (Å²) in [5.74, 6) is 2.58. The molecule has 0 aromatic carbocycles. The Hall–Kier alpha value is -2.17. The van der Waals surface area contributed by atoms with Crippen molar-refractivity contribution < 1.29 is 0 Å². The van der Waals surface area contributed by atoms with E-state index in [1.54, 1.807) is 6.20 Å². The van der Waals surface area contributed by atoms with Crippen LogP contribution in [0.15, 0.2) is 30.5 Å². The highest BCUT2D eigenvalue weighted by atomic mass is 15.2. The van der Waals surface area contributed by atoms with Crippen LogP contribution in [0, 0.1) is 6.92 Å². The lowest BCUT2D eigenvalue weighted by Crippen LogP contribution is -2.23. The van der Waals surface area contributed by atoms with Crippen molar-refractivity contribution in [3.05, 3.63) is 42.0 Å². The monoisotopic (exact) mass is 271 g/mol. The van der Waals surface area contributed by atoms with Crippen LogP contribution in [-0.4, -0.2) is 28.0 Å². The highest BCUT2D eigenvalue weighted by molar-refractivity contribution is 5.49. The number of rotatable bonds is 6. The zero-order chi connectivity index (χ0) is 14.4. The summed E-state index contributed by atoms with van der Waals surface area (Å²) >= 11 is 0. The van der Waals surface area contributed by atoms with Gasteiger partial charge in [0.15, 0.2) is 0 Å². The van der Waals surface area contributed by atoms with Gasteiger partial charge in [-0.2, -0.15) is 0 Å². The molecule has 0 aliphatic heterocycles. The quantitative estimate of drug-likeness (QED) is 0.875. The van der Waals surface area contributed by atoms with Crippen molar-refractivity contribution in [2.45, 2.75) is 27.3 Å². The minimum atomic E-state index is 0.662. The first kappa shape index (κ1) is 14.2. The van der Waals surface area contributed by atoms with Crippen molar-refractivity contribution in [3.8, 4) is 0 Å². The SMILES string of the molecule is CCN(CC)c1cc(NCc2ccccn2)nc(C)n1. The molecule has 0 saturated heterocycles. The molecule has 106 valence electrons. The molecule has 0 saturated carbocycles. The fraction of sp³-hybridized carbons (Fsp3) is 0.400. The van der Waals surface area contributed by atoms with E-state index < -0.39 is 0 Å². The van der Waals surface area contributed by atoms with Crippen LogP contribution in [-0.2, 0) is 6.54 Å². The molecule has 0 radical (unpaired) electrons. The van der Waals surface area contributed by atoms with Crippen LogP contribution in [0.25, 0.3) is 0 Å². The Morgan fingerprint density at radius 2 is 1.95 bits per heavy atom. The van der Waals surface area contributed by atoms with Gasteiger partial charge in [-0.3, -0.25) is 4.98 Å². The molecule has 2 aromatic rings. The second-order valence-corrected chi connectivity index (χ2v) is 4.51. The molecule has 0 aliphatic rings. The number of nitrogens with zero attached hydrogens (tertiary/aromatic N) is 4. The number of hydrogen-bond acceptors (Lipinski definition) is 5. The number of aryl methyl sites for hydroxylation is 1. The third kappa shape index (κ3) is 3.66. The van der Waals surface area contributed by atoms with Gasteiger partial charge in [0.1, 0.15) is 17.5 Å². The first-order valence-electron chi connectivity index (χ1n) is 6.97. The van der Waals surface area contributed by atoms with E-state index in [4.69, 9.17) is 0 Å². The molecule has 0 bridgehead atoms. The average Bonchev–Trinajstić information content (AvgIpc) is 2.47. The highest BCUT2D eigenvalue weighted by Gasteiger charge is 2.07. The Labute approximate surface area is 120 Å². The van der Waals surface area contributed by atoms with E-state index in [1.165, 1.54) is 0 Å². The van der Waals surface area contributed by atoms with Crippen LogP contribution in [0.3, 0.4) is 0 Å². The van der Waals surface area contributed by atoms with Gasteiger partial charge in [0.25, 0.3) is 0 Å². The van der Waals surface area contributed by atoms with Gasteiger partial charge in [-0.1, -0.05) is 6.07 Å². The van der Waals surface area contributed by atoms with Crippen molar-refractivity contribution in [1.29, 1.82) is 0 Å². The number of pyridine rings is 1. The standard InChI is InChI=1S/C15H21N5/c1-4-20(5-2)15-10-14(18-12(3)19-15)17-11-13-8-6-7-9-16-13/h6-10H,4-5,11H2,1-3H3,(H,17,18,19). The van der Waals surface area contributed by atoms with Gasteiger partial charge >= 0.3 is 0 Å². The molecule has 0 aliphatic carbocycles. The molecule has 5 heteroatoms. The lowest BCUT2D eigenvalue weighted by atomic mass is 10.3. The van der Waals surface area contributed by atoms with Crippen LogP contribution in [0.2, 0.25) is 0 Å². The summed E-state index contributed by atoms with van der Waals surface area (Å²) in [4.78, 5) is 15.4. The van der Waals surface area contributed by atoms with Gasteiger partial charge in [-0.15, -0.1) is 0 Å². The normalized spacial score (nSPS) is 10.3. The van der Waals surface area contributed by atoms with Crippen molar-refractivity contribution >= 4 is 11.6 Å². The van der Waals surface area contributed by atoms with Crippen molar-refractivity contribution in [2.24, 2.45) is 0 Å². The molecule has 0 atom stereocenters. The lowest BCUT2D eigenvalue weighted by Gasteiger charge is -2.20. The van der Waals surface area contributed by atoms with E-state index >= 15 is 0 Å². The second-order valence-electron chi connectivity index (χ2n) is 4.51. The van der Waals surface area contributed by atoms with Crippen LogP contribution in [0.4, 0.5) is 11.6 Å². The van der Waals surface area contributed by atoms with E-state index in [0.29, 0.717) is 6.54 Å². The van der Waals surface area contributed by atoms with E-state index in [2.05, 4.69) is 39.0 Å². The first-order valence-corrected chi connectivity index (χ1v) is 6.97. The smallest absolute Gasteiger partial charge is 0.134 e. The van der Waals surface area contributed by atoms with Gasteiger partial charge in [0.05, 0.1) is 12.2 Å². The van der Waals surface area contributed by atoms with Gasteiger partial charge in [0, 0.05) is 25.4 Å². The van der Waals surface area contributed by atoms with Gasteiger partial charge in [-0.05, 0) is 32.9 Å². The highest BCUT2D eigenvalue weighted by Crippen LogP contribution is 2.16. The summed E-state index contributed by atoms with van der Waals surface area (Å²) in [5.41, 5.74) is 0.994. The molecule has 1 N–H and O–H groups in total. The third-order valence-electron chi connectivity index (χ3n) is 3.09. The summed E-state index contributed by atoms with van der Waals surface area (Å²) in [6.45, 7) is 8.71. The summed E-state index contributed by atoms with van der Waals surface area (Å²) in [7, 11) is 0. The number of hydrogen-bond donors (Lipinski definition) is 1. The largest absolute Gasteiger partial charge is 0.364 e. The summed E-state index contributed by atoms with van der Waals surface area (Å²) < 4.78 is 0. The maximum absolute atomic E-state index is 4.49. The zero-order valence-electron chi connectivity index (χ0n) is 12.3. The van der Waals surface area contributed by atoms with Gasteiger partial charge in [0.2, 0.25) is 0 Å². The maximum Gasteiger partial charge on any atom is 0.134 e. The molecule has 0 fully saturated rings. The zero-order valence-corrected chi connectivity index (χ0v) is 12.3. The van der Waals surface area contributed by atoms with E-state index in [1.807, 2.05) is 31.2 Å². The Morgan fingerprint density at radius 3 is 2.60 bits per heavy atom. The number of nitrogens with one attached hydrogen (secondary N) is 1. The Kier molecular flexibility index (Phi) is 4.87. The molecule has 0 amide bonds. The van der Waals surface area contributed by atoms with Gasteiger partial charge < -0.3 is 10.2 Å². The fourth-order valence-corrected chi connectivity index (χ4v) is 2.04. The fourth-order valence-electron chi connectivity index (χ4n) is 2.04. The predicted octanol–water partition coefficient (Wildman–Crippen LogP) is 2.64. The summed E-state index contributed by atoms with van der Waals surface area (Å²) in [5, 5.41) is 3.30. The van der Waals surface area contributed by atoms with E-state index in [0.717, 1.165) is 36.2 Å². The molecule has 2 rings (SSSR count). The van der Waals surface area contributed by atoms with E-state index in [-0.39, 0.29) is 0 Å².